The molecule has 0 saturated carbocycles. The van der Waals surface area contributed by atoms with E-state index in [0.29, 0.717) is 5.92 Å². The number of rotatable bonds is 2. The summed E-state index contributed by atoms with van der Waals surface area (Å²) in [5, 5.41) is 0. The molecule has 1 heterocycles. The van der Waals surface area contributed by atoms with Crippen molar-refractivity contribution in [1.82, 2.24) is 9.97 Å². The molecule has 0 spiro atoms. The zero-order valence-corrected chi connectivity index (χ0v) is 7.49. The van der Waals surface area contributed by atoms with Crippen LogP contribution in [0.1, 0.15) is 24.1 Å². The zero-order chi connectivity index (χ0) is 9.10. The van der Waals surface area contributed by atoms with E-state index < -0.39 is 0 Å². The fourth-order valence-electron chi connectivity index (χ4n) is 1.36. The molecule has 1 N–H and O–H groups in total. The van der Waals surface area contributed by atoms with Crippen molar-refractivity contribution < 1.29 is 0 Å². The van der Waals surface area contributed by atoms with E-state index in [9.17, 15) is 0 Å². The average Bonchev–Trinajstić information content (AvgIpc) is 2.71. The largest absolute Gasteiger partial charge is 0.351 e. The second-order valence-corrected chi connectivity index (χ2v) is 3.05. The van der Waals surface area contributed by atoms with Crippen LogP contribution < -0.4 is 0 Å². The van der Waals surface area contributed by atoms with E-state index in [4.69, 9.17) is 0 Å². The number of aromatic amines is 1. The van der Waals surface area contributed by atoms with Crippen LogP contribution in [0.5, 0.6) is 0 Å². The van der Waals surface area contributed by atoms with Gasteiger partial charge >= 0.3 is 0 Å². The second kappa shape index (κ2) is 3.44. The van der Waals surface area contributed by atoms with E-state index in [-0.39, 0.29) is 0 Å². The Balaban J connectivity index is 2.29. The van der Waals surface area contributed by atoms with Crippen molar-refractivity contribution in [3.63, 3.8) is 0 Å². The highest BCUT2D eigenvalue weighted by molar-refractivity contribution is 5.25. The van der Waals surface area contributed by atoms with Gasteiger partial charge in [0.05, 0.1) is 12.0 Å². The lowest BCUT2D eigenvalue weighted by Gasteiger charge is -2.07. The second-order valence-electron chi connectivity index (χ2n) is 3.05. The minimum absolute atomic E-state index is 0.337. The van der Waals surface area contributed by atoms with Crippen LogP contribution in [0.2, 0.25) is 0 Å². The summed E-state index contributed by atoms with van der Waals surface area (Å²) in [6.45, 7) is 2.14. The Morgan fingerprint density at radius 2 is 2.46 bits per heavy atom. The first kappa shape index (κ1) is 8.05. The average molecular weight is 171 g/mol. The number of H-pyrrole nitrogens is 1. The molecule has 1 atom stereocenters. The summed E-state index contributed by atoms with van der Waals surface area (Å²) >= 11 is 0. The van der Waals surface area contributed by atoms with Crippen LogP contribution in [0.15, 0.2) is 36.8 Å². The standard InChI is InChI=1S/C11H11N2/c1-9(11-7-12-8-13-11)10-5-3-2-4-6-10/h2-3,5-9H,1H3,(H,12,13). The van der Waals surface area contributed by atoms with Crippen molar-refractivity contribution in [1.29, 1.82) is 0 Å². The van der Waals surface area contributed by atoms with Crippen LogP contribution >= 0.6 is 0 Å². The van der Waals surface area contributed by atoms with Gasteiger partial charge in [0.2, 0.25) is 0 Å². The summed E-state index contributed by atoms with van der Waals surface area (Å²) in [5.41, 5.74) is 2.31. The van der Waals surface area contributed by atoms with E-state index in [0.717, 1.165) is 5.69 Å². The number of nitrogens with one attached hydrogen (secondary N) is 1. The molecular formula is C11H11N2. The first-order chi connectivity index (χ1) is 6.38. The zero-order valence-electron chi connectivity index (χ0n) is 7.49. The van der Waals surface area contributed by atoms with E-state index in [1.54, 1.807) is 6.33 Å². The molecule has 13 heavy (non-hydrogen) atoms. The normalized spacial score (nSPS) is 12.7. The summed E-state index contributed by atoms with van der Waals surface area (Å²) in [7, 11) is 0. The van der Waals surface area contributed by atoms with Crippen LogP contribution in [0.25, 0.3) is 0 Å². The van der Waals surface area contributed by atoms with Gasteiger partial charge in [-0.1, -0.05) is 31.2 Å². The third kappa shape index (κ3) is 1.61. The summed E-state index contributed by atoms with van der Waals surface area (Å²) in [6.07, 6.45) is 3.64. The monoisotopic (exact) mass is 171 g/mol. The van der Waals surface area contributed by atoms with E-state index in [1.165, 1.54) is 5.56 Å². The van der Waals surface area contributed by atoms with Crippen LogP contribution in [-0.2, 0) is 0 Å². The van der Waals surface area contributed by atoms with Crippen molar-refractivity contribution in [2.24, 2.45) is 0 Å². The molecule has 2 rings (SSSR count). The fraction of sp³-hybridized carbons (Fsp3) is 0.182. The van der Waals surface area contributed by atoms with Gasteiger partial charge in [-0.2, -0.15) is 0 Å². The molecule has 0 aliphatic heterocycles. The van der Waals surface area contributed by atoms with Crippen molar-refractivity contribution in [2.75, 3.05) is 0 Å². The van der Waals surface area contributed by atoms with Crippen LogP contribution in [-0.4, -0.2) is 9.97 Å². The topological polar surface area (TPSA) is 28.7 Å². The van der Waals surface area contributed by atoms with E-state index in [2.05, 4.69) is 29.0 Å². The molecule has 1 radical (unpaired) electrons. The van der Waals surface area contributed by atoms with Crippen LogP contribution in [0, 0.1) is 6.07 Å². The molecule has 1 aromatic carbocycles. The van der Waals surface area contributed by atoms with Gasteiger partial charge in [0, 0.05) is 12.1 Å². The lowest BCUT2D eigenvalue weighted by molar-refractivity contribution is 0.883. The van der Waals surface area contributed by atoms with Gasteiger partial charge in [-0.15, -0.1) is 0 Å². The fourth-order valence-corrected chi connectivity index (χ4v) is 1.36. The number of hydrogen-bond acceptors (Lipinski definition) is 1. The predicted octanol–water partition coefficient (Wildman–Crippen LogP) is 2.36. The third-order valence-corrected chi connectivity index (χ3v) is 2.19. The van der Waals surface area contributed by atoms with E-state index in [1.807, 2.05) is 24.4 Å². The molecule has 0 fully saturated rings. The van der Waals surface area contributed by atoms with Crippen LogP contribution in [0.4, 0.5) is 0 Å². The summed E-state index contributed by atoms with van der Waals surface area (Å²) < 4.78 is 0. The van der Waals surface area contributed by atoms with Gasteiger partial charge in [-0.25, -0.2) is 4.98 Å². The third-order valence-electron chi connectivity index (χ3n) is 2.19. The van der Waals surface area contributed by atoms with Gasteiger partial charge in [0.1, 0.15) is 0 Å². The number of benzene rings is 1. The Kier molecular flexibility index (Phi) is 2.13. The Morgan fingerprint density at radius 1 is 1.54 bits per heavy atom. The maximum Gasteiger partial charge on any atom is 0.0923 e. The minimum atomic E-state index is 0.337. The van der Waals surface area contributed by atoms with Crippen molar-refractivity contribution in [3.05, 3.63) is 54.1 Å². The molecule has 0 bridgehead atoms. The number of hydrogen-bond donors (Lipinski definition) is 1. The Bertz CT molecular complexity index is 351. The number of aromatic nitrogens is 2. The van der Waals surface area contributed by atoms with E-state index >= 15 is 0 Å². The molecule has 0 aliphatic carbocycles. The Morgan fingerprint density at radius 3 is 3.08 bits per heavy atom. The summed E-state index contributed by atoms with van der Waals surface area (Å²) in [5.74, 6) is 0.337. The summed E-state index contributed by atoms with van der Waals surface area (Å²) in [6, 6.07) is 11.1. The maximum absolute atomic E-state index is 4.22. The molecular weight excluding hydrogens is 160 g/mol. The van der Waals surface area contributed by atoms with Crippen molar-refractivity contribution in [3.8, 4) is 0 Å². The van der Waals surface area contributed by atoms with Gasteiger partial charge in [-0.05, 0) is 11.6 Å². The highest BCUT2D eigenvalue weighted by Crippen LogP contribution is 2.20. The van der Waals surface area contributed by atoms with Gasteiger partial charge in [0.15, 0.2) is 0 Å². The van der Waals surface area contributed by atoms with Crippen LogP contribution in [0.3, 0.4) is 0 Å². The first-order valence-electron chi connectivity index (χ1n) is 4.32. The molecule has 1 unspecified atom stereocenters. The Hall–Kier alpha value is -1.57. The quantitative estimate of drug-likeness (QED) is 0.738. The predicted molar refractivity (Wildman–Crippen MR) is 51.4 cm³/mol. The molecule has 0 amide bonds. The molecule has 0 saturated heterocycles. The van der Waals surface area contributed by atoms with Gasteiger partial charge < -0.3 is 4.98 Å². The number of imidazole rings is 1. The lowest BCUT2D eigenvalue weighted by atomic mass is 9.99. The SMILES string of the molecule is CC(c1c[c]ccc1)c1c[nH]cn1. The minimum Gasteiger partial charge on any atom is -0.351 e. The number of nitrogens with zero attached hydrogens (tertiary/aromatic N) is 1. The van der Waals surface area contributed by atoms with Gasteiger partial charge in [0.25, 0.3) is 0 Å². The lowest BCUT2D eigenvalue weighted by Crippen LogP contribution is -1.95. The molecule has 0 aliphatic rings. The molecule has 65 valence electrons. The van der Waals surface area contributed by atoms with Crippen molar-refractivity contribution in [2.45, 2.75) is 12.8 Å². The molecule has 2 heteroatoms. The Labute approximate surface area is 77.6 Å². The first-order valence-corrected chi connectivity index (χ1v) is 4.32. The summed E-state index contributed by atoms with van der Waals surface area (Å²) in [4.78, 5) is 7.18. The smallest absolute Gasteiger partial charge is 0.0923 e. The highest BCUT2D eigenvalue weighted by Gasteiger charge is 2.08. The highest BCUT2D eigenvalue weighted by atomic mass is 14.9. The maximum atomic E-state index is 4.22. The van der Waals surface area contributed by atoms with Crippen molar-refractivity contribution >= 4 is 0 Å². The molecule has 2 aromatic rings. The molecule has 1 aromatic heterocycles. The molecule has 2 nitrogen and oxygen atoms in total. The van der Waals surface area contributed by atoms with Gasteiger partial charge in [-0.3, -0.25) is 0 Å².